The van der Waals surface area contributed by atoms with Crippen LogP contribution in [-0.4, -0.2) is 6.71 Å². The third kappa shape index (κ3) is 8.49. The number of fused-ring (bicyclic) bond motifs is 12. The number of anilines is 9. The Hall–Kier alpha value is -9.56. The number of benzene rings is 11. The molecule has 11 aromatic carbocycles. The van der Waals surface area contributed by atoms with Crippen molar-refractivity contribution in [1.29, 1.82) is 0 Å². The Morgan fingerprint density at radius 2 is 0.862 bits per heavy atom. The number of nitrogens with zero attached hydrogens (tertiary/aromatic N) is 3. The third-order valence-electron chi connectivity index (χ3n) is 18.3. The van der Waals surface area contributed by atoms with Crippen molar-refractivity contribution in [2.75, 3.05) is 14.7 Å². The van der Waals surface area contributed by atoms with Crippen LogP contribution in [0.15, 0.2) is 245 Å². The van der Waals surface area contributed by atoms with E-state index in [2.05, 4.69) is 314 Å². The van der Waals surface area contributed by atoms with Gasteiger partial charge in [-0.25, -0.2) is 0 Å². The zero-order valence-corrected chi connectivity index (χ0v) is 51.5. The van der Waals surface area contributed by atoms with Crippen LogP contribution in [0.4, 0.5) is 51.2 Å². The van der Waals surface area contributed by atoms with Crippen molar-refractivity contribution in [3.05, 3.63) is 253 Å². The van der Waals surface area contributed by atoms with Crippen LogP contribution in [0.5, 0.6) is 0 Å². The number of thiophene rings is 1. The summed E-state index contributed by atoms with van der Waals surface area (Å²) in [5.41, 5.74) is 23.7. The van der Waals surface area contributed by atoms with E-state index in [0.29, 0.717) is 0 Å². The third-order valence-corrected chi connectivity index (χ3v) is 19.5. The van der Waals surface area contributed by atoms with Gasteiger partial charge in [0.25, 0.3) is 6.71 Å². The van der Waals surface area contributed by atoms with Gasteiger partial charge in [0, 0.05) is 70.4 Å². The number of hydrogen-bond acceptors (Lipinski definition) is 6. The molecule has 7 heteroatoms. The highest BCUT2D eigenvalue weighted by molar-refractivity contribution is 7.33. The second-order valence-corrected chi connectivity index (χ2v) is 28.0. The zero-order chi connectivity index (χ0) is 59.3. The van der Waals surface area contributed by atoms with Gasteiger partial charge >= 0.3 is 0 Å². The maximum Gasteiger partial charge on any atom is 0.264 e. The van der Waals surface area contributed by atoms with E-state index in [0.717, 1.165) is 112 Å². The predicted molar refractivity (Wildman–Crippen MR) is 372 cm³/mol. The Morgan fingerprint density at radius 1 is 0.379 bits per heavy atom. The lowest BCUT2D eigenvalue weighted by Gasteiger charge is -2.44. The number of rotatable bonds is 7. The van der Waals surface area contributed by atoms with E-state index in [1.54, 1.807) is 0 Å². The molecular formula is C80H66BN3O2S. The molecule has 5 nitrogen and oxygen atoms in total. The van der Waals surface area contributed by atoms with Crippen LogP contribution >= 0.6 is 11.3 Å². The highest BCUT2D eigenvalue weighted by Gasteiger charge is 2.47. The first-order valence-electron chi connectivity index (χ1n) is 30.5. The van der Waals surface area contributed by atoms with Crippen LogP contribution in [0.25, 0.3) is 76.2 Å². The largest absolute Gasteiger partial charge is 0.454 e. The average Bonchev–Trinajstić information content (AvgIpc) is 1.90. The molecule has 0 saturated heterocycles. The Labute approximate surface area is 513 Å². The molecule has 0 bridgehead atoms. The molecule has 87 heavy (non-hydrogen) atoms. The van der Waals surface area contributed by atoms with E-state index in [-0.39, 0.29) is 23.0 Å². The SMILES string of the molecule is CC(C)(C)c1ccc(N(c2ccc(C(C)(C)C)cc2)c2cc3c(cc2-c2ccccc2)B2c4sc5ccc(C(C)(C)C)cc5c4N(c4cccc5c4oc4ccccc45)c4cc(-c5ccccc5)cc(c42)N3c2cccc3c2oc2ccccc23)cc1. The van der Waals surface area contributed by atoms with Crippen LogP contribution in [0.2, 0.25) is 0 Å². The van der Waals surface area contributed by atoms with Crippen LogP contribution in [0, 0.1) is 0 Å². The van der Waals surface area contributed by atoms with Crippen molar-refractivity contribution in [2.24, 2.45) is 0 Å². The van der Waals surface area contributed by atoms with E-state index in [1.807, 2.05) is 11.3 Å². The minimum absolute atomic E-state index is 0.0321. The molecule has 0 atom stereocenters. The van der Waals surface area contributed by atoms with Crippen LogP contribution in [0.3, 0.4) is 0 Å². The quantitative estimate of drug-likeness (QED) is 0.149. The standard InChI is InChI=1S/C80H66BN3O2S/c1-78(2,3)52-34-39-55(40-35-52)82(56-41-36-53(37-42-56)79(4,5)6)66-48-67-63(47-61(66)50-24-14-11-15-25-50)81-73-68(83(67)64-30-20-28-59-57-26-16-18-32-70(57)85-75(59)64)44-51(49-22-12-10-13-23-49)45-69(73)84(65-31-21-29-60-58-27-17-19-33-71(58)86-76(60)65)74-62-46-54(80(7,8)9)38-43-72(62)87-77(74)81/h10-48H,1-9H3. The Bertz CT molecular complexity index is 5000. The number of hydrogen-bond donors (Lipinski definition) is 0. The molecule has 0 aliphatic carbocycles. The summed E-state index contributed by atoms with van der Waals surface area (Å²) in [5.74, 6) is 0. The summed E-state index contributed by atoms with van der Waals surface area (Å²) < 4.78 is 16.8. The van der Waals surface area contributed by atoms with E-state index in [9.17, 15) is 0 Å². The van der Waals surface area contributed by atoms with Crippen molar-refractivity contribution in [3.8, 4) is 22.3 Å². The van der Waals surface area contributed by atoms with Gasteiger partial charge < -0.3 is 23.5 Å². The Balaban J connectivity index is 1.08. The zero-order valence-electron chi connectivity index (χ0n) is 50.7. The fourth-order valence-electron chi connectivity index (χ4n) is 13.8. The van der Waals surface area contributed by atoms with Gasteiger partial charge in [0.15, 0.2) is 11.2 Å². The average molecular weight is 1140 g/mol. The maximum absolute atomic E-state index is 7.20. The lowest BCUT2D eigenvalue weighted by Crippen LogP contribution is -2.60. The summed E-state index contributed by atoms with van der Waals surface area (Å²) in [5, 5.41) is 5.57. The Morgan fingerprint density at radius 3 is 1.41 bits per heavy atom. The summed E-state index contributed by atoms with van der Waals surface area (Å²) in [4.78, 5) is 7.63. The monoisotopic (exact) mass is 1140 g/mol. The summed E-state index contributed by atoms with van der Waals surface area (Å²) >= 11 is 1.93. The first kappa shape index (κ1) is 53.0. The molecule has 0 fully saturated rings. The molecule has 0 N–H and O–H groups in total. The fourth-order valence-corrected chi connectivity index (χ4v) is 15.1. The lowest BCUT2D eigenvalue weighted by atomic mass is 9.36. The maximum atomic E-state index is 7.20. The molecular weight excluding hydrogens is 1080 g/mol. The van der Waals surface area contributed by atoms with Gasteiger partial charge in [-0.1, -0.05) is 220 Å². The van der Waals surface area contributed by atoms with Gasteiger partial charge in [-0.05, 0) is 139 Å². The summed E-state index contributed by atoms with van der Waals surface area (Å²) in [6.07, 6.45) is 0. The lowest BCUT2D eigenvalue weighted by molar-refractivity contribution is 0.590. The molecule has 0 unspecified atom stereocenters. The van der Waals surface area contributed by atoms with E-state index >= 15 is 0 Å². The van der Waals surface area contributed by atoms with E-state index in [4.69, 9.17) is 8.83 Å². The Kier molecular flexibility index (Phi) is 11.9. The minimum Gasteiger partial charge on any atom is -0.454 e. The molecule has 3 aromatic heterocycles. The molecule has 0 amide bonds. The van der Waals surface area contributed by atoms with Crippen molar-refractivity contribution in [3.63, 3.8) is 0 Å². The van der Waals surface area contributed by atoms with Gasteiger partial charge in [0.1, 0.15) is 11.2 Å². The van der Waals surface area contributed by atoms with Gasteiger partial charge in [0.05, 0.1) is 22.7 Å². The van der Waals surface area contributed by atoms with Gasteiger partial charge in [-0.2, -0.15) is 0 Å². The second kappa shape index (κ2) is 19.5. The first-order valence-corrected chi connectivity index (χ1v) is 31.3. The topological polar surface area (TPSA) is 36.0 Å². The van der Waals surface area contributed by atoms with Crippen molar-refractivity contribution < 1.29 is 8.83 Å². The number of para-hydroxylation sites is 4. The molecule has 0 radical (unpaired) electrons. The van der Waals surface area contributed by atoms with Gasteiger partial charge in [0.2, 0.25) is 0 Å². The molecule has 2 aliphatic rings. The summed E-state index contributed by atoms with van der Waals surface area (Å²) in [6.45, 7) is 20.5. The molecule has 0 spiro atoms. The molecule has 14 aromatic rings. The molecule has 5 heterocycles. The van der Waals surface area contributed by atoms with Crippen molar-refractivity contribution in [2.45, 2.75) is 78.6 Å². The minimum atomic E-state index is -0.209. The van der Waals surface area contributed by atoms with E-state index < -0.39 is 0 Å². The molecule has 2 aliphatic heterocycles. The van der Waals surface area contributed by atoms with Crippen LogP contribution in [-0.2, 0) is 16.2 Å². The normalized spacial score (nSPS) is 13.3. The second-order valence-electron chi connectivity index (χ2n) is 26.9. The van der Waals surface area contributed by atoms with Crippen LogP contribution in [0.1, 0.15) is 79.0 Å². The van der Waals surface area contributed by atoms with Crippen molar-refractivity contribution in [1.82, 2.24) is 0 Å². The number of furan rings is 2. The predicted octanol–water partition coefficient (Wildman–Crippen LogP) is 21.5. The first-order chi connectivity index (χ1) is 42.0. The molecule has 422 valence electrons. The van der Waals surface area contributed by atoms with Gasteiger partial charge in [-0.15, -0.1) is 11.3 Å². The van der Waals surface area contributed by atoms with Crippen molar-refractivity contribution >= 4 is 139 Å². The van der Waals surface area contributed by atoms with Gasteiger partial charge in [-0.3, -0.25) is 0 Å². The highest BCUT2D eigenvalue weighted by atomic mass is 32.1. The summed E-state index contributed by atoms with van der Waals surface area (Å²) in [6, 6.07) is 88.1. The molecule has 0 saturated carbocycles. The van der Waals surface area contributed by atoms with E-state index in [1.165, 1.54) is 48.2 Å². The smallest absolute Gasteiger partial charge is 0.264 e. The highest BCUT2D eigenvalue weighted by Crippen LogP contribution is 2.55. The van der Waals surface area contributed by atoms with Crippen LogP contribution < -0.4 is 30.4 Å². The fraction of sp³-hybridized carbons (Fsp3) is 0.150. The summed E-state index contributed by atoms with van der Waals surface area (Å²) in [7, 11) is 0. The molecule has 16 rings (SSSR count).